The quantitative estimate of drug-likeness (QED) is 0.288. The van der Waals surface area contributed by atoms with Crippen LogP contribution in [0.1, 0.15) is 49.7 Å². The Morgan fingerprint density at radius 1 is 1.23 bits per heavy atom. The highest BCUT2D eigenvalue weighted by Gasteiger charge is 2.60. The van der Waals surface area contributed by atoms with Crippen LogP contribution in [-0.4, -0.2) is 71.5 Å². The second-order valence-electron chi connectivity index (χ2n) is 12.7. The number of hydrogen-bond donors (Lipinski definition) is 3. The molecule has 4 N–H and O–H groups in total. The summed E-state index contributed by atoms with van der Waals surface area (Å²) in [6.07, 6.45) is 0.801. The fraction of sp³-hybridized carbons (Fsp3) is 0.500. The summed E-state index contributed by atoms with van der Waals surface area (Å²) in [4.78, 5) is 25.1. The van der Waals surface area contributed by atoms with Gasteiger partial charge in [-0.2, -0.15) is 8.78 Å². The molecule has 44 heavy (non-hydrogen) atoms. The van der Waals surface area contributed by atoms with Crippen molar-refractivity contribution >= 4 is 28.2 Å². The molecule has 8 rings (SSSR count). The molecule has 1 aromatic carbocycles. The summed E-state index contributed by atoms with van der Waals surface area (Å²) >= 11 is 0. The first-order valence-electron chi connectivity index (χ1n) is 14.5. The number of aryl methyl sites for hydroxylation is 1. The number of rotatable bonds is 5. The predicted molar refractivity (Wildman–Crippen MR) is 153 cm³/mol. The van der Waals surface area contributed by atoms with Gasteiger partial charge in [0.2, 0.25) is 5.88 Å². The maximum Gasteiger partial charge on any atom is 0.387 e. The van der Waals surface area contributed by atoms with Gasteiger partial charge in [0.15, 0.2) is 17.4 Å². The Bertz CT molecular complexity index is 1720. The first-order valence-corrected chi connectivity index (χ1v) is 14.5. The number of fused-ring (bicyclic) bond motifs is 3. The van der Waals surface area contributed by atoms with Gasteiger partial charge >= 0.3 is 6.61 Å². The van der Waals surface area contributed by atoms with Crippen LogP contribution in [-0.2, 0) is 4.74 Å². The molecule has 4 fully saturated rings. The molecule has 0 radical (unpaired) electrons. The van der Waals surface area contributed by atoms with Gasteiger partial charge in [-0.1, -0.05) is 0 Å². The Labute approximate surface area is 250 Å². The number of hydrogen-bond acceptors (Lipinski definition) is 9. The number of pyridine rings is 2. The van der Waals surface area contributed by atoms with E-state index >= 15 is 4.39 Å². The zero-order chi connectivity index (χ0) is 31.3. The molecule has 3 unspecified atom stereocenters. The summed E-state index contributed by atoms with van der Waals surface area (Å²) in [6.45, 7) is 5.31. The minimum Gasteiger partial charge on any atom is -0.472 e. The summed E-state index contributed by atoms with van der Waals surface area (Å²) in [5, 5.41) is 6.66. The lowest BCUT2D eigenvalue weighted by Gasteiger charge is -2.43. The minimum atomic E-state index is -3.40. The van der Waals surface area contributed by atoms with E-state index in [-0.39, 0.29) is 51.3 Å². The van der Waals surface area contributed by atoms with E-state index < -0.39 is 52.8 Å². The number of ether oxygens (including phenoxy) is 3. The summed E-state index contributed by atoms with van der Waals surface area (Å²) in [5.41, 5.74) is 4.10. The topological polar surface area (TPSA) is 124 Å². The van der Waals surface area contributed by atoms with Crippen LogP contribution in [0.25, 0.3) is 22.0 Å². The number of amides is 1. The molecule has 1 amide bonds. The highest BCUT2D eigenvalue weighted by Crippen LogP contribution is 2.51. The monoisotopic (exact) mass is 616 g/mol. The molecule has 3 saturated heterocycles. The molecule has 2 bridgehead atoms. The highest BCUT2D eigenvalue weighted by atomic mass is 19.3. The van der Waals surface area contributed by atoms with Crippen LogP contribution in [0.4, 0.5) is 29.1 Å². The Hall–Kier alpha value is -3.91. The van der Waals surface area contributed by atoms with E-state index in [0.29, 0.717) is 38.4 Å². The van der Waals surface area contributed by atoms with E-state index in [0.717, 1.165) is 12.1 Å². The van der Waals surface area contributed by atoms with E-state index in [4.69, 9.17) is 20.2 Å². The molecule has 0 spiro atoms. The van der Waals surface area contributed by atoms with Gasteiger partial charge in [0.1, 0.15) is 23.3 Å². The first-order chi connectivity index (χ1) is 20.8. The van der Waals surface area contributed by atoms with Crippen molar-refractivity contribution in [3.05, 3.63) is 35.0 Å². The molecular weight excluding hydrogens is 584 g/mol. The van der Waals surface area contributed by atoms with Gasteiger partial charge in [-0.05, 0) is 39.3 Å². The molecule has 2 aromatic heterocycles. The normalized spacial score (nSPS) is 28.8. The van der Waals surface area contributed by atoms with Crippen LogP contribution in [0.15, 0.2) is 12.1 Å². The number of nitrogens with two attached hydrogens (primary N) is 1. The zero-order valence-corrected chi connectivity index (χ0v) is 24.6. The van der Waals surface area contributed by atoms with Gasteiger partial charge in [-0.15, -0.1) is 0 Å². The first kappa shape index (κ1) is 28.8. The molecule has 1 aliphatic carbocycles. The molecular formula is C30H32F4N6O4. The lowest BCUT2D eigenvalue weighted by atomic mass is 9.69. The summed E-state index contributed by atoms with van der Waals surface area (Å²) in [7, 11) is 0. The minimum absolute atomic E-state index is 0.00771. The van der Waals surface area contributed by atoms with Gasteiger partial charge in [-0.25, -0.2) is 18.7 Å². The third-order valence-electron chi connectivity index (χ3n) is 9.18. The number of halogens is 4. The Morgan fingerprint density at radius 3 is 2.66 bits per heavy atom. The summed E-state index contributed by atoms with van der Waals surface area (Å²) in [6, 6.07) is 1.68. The molecule has 6 heterocycles. The number of nitrogen functional groups attached to an aromatic ring is 1. The van der Waals surface area contributed by atoms with Crippen molar-refractivity contribution < 1.29 is 36.6 Å². The maximum absolute atomic E-state index is 16.9. The van der Waals surface area contributed by atoms with Gasteiger partial charge in [-0.3, -0.25) is 4.79 Å². The zero-order valence-electron chi connectivity index (χ0n) is 24.6. The number of anilines is 2. The fourth-order valence-corrected chi connectivity index (χ4v) is 7.32. The Morgan fingerprint density at radius 2 is 1.98 bits per heavy atom. The number of benzene rings is 1. The Balaban J connectivity index is 1.48. The molecule has 5 aliphatic rings. The second kappa shape index (κ2) is 9.80. The average molecular weight is 617 g/mol. The third-order valence-corrected chi connectivity index (χ3v) is 9.18. The molecule has 234 valence electrons. The van der Waals surface area contributed by atoms with E-state index in [1.54, 1.807) is 6.92 Å². The smallest absolute Gasteiger partial charge is 0.387 e. The van der Waals surface area contributed by atoms with Crippen LogP contribution in [0.3, 0.4) is 0 Å². The van der Waals surface area contributed by atoms with E-state index in [1.807, 2.05) is 25.7 Å². The number of nitrogens with zero attached hydrogens (tertiary/aromatic N) is 3. The number of aromatic nitrogens is 2. The van der Waals surface area contributed by atoms with Crippen LogP contribution in [0, 0.1) is 18.6 Å². The summed E-state index contributed by atoms with van der Waals surface area (Å²) < 4.78 is 75.2. The third kappa shape index (κ3) is 4.40. The standard InChI is InChI=1S/C30H32F4N6O4/c1-12-8-40-18(7-36-12)14(3)43-27-20-19(21(32)23(38-27)16-5-15(35)6-17(31)24(16)44-28(33)34)13(2)22(37-25(20)40)26(41)39-30-9-29(4,10-30)42-11-30/h5-6,12,14,18,28,36H,7-11,35H2,1-4H3,(H,39,41). The molecule has 3 atom stereocenters. The highest BCUT2D eigenvalue weighted by molar-refractivity contribution is 6.07. The molecule has 1 saturated carbocycles. The van der Waals surface area contributed by atoms with Crippen molar-refractivity contribution in [2.24, 2.45) is 0 Å². The van der Waals surface area contributed by atoms with E-state index in [1.165, 1.54) is 0 Å². The average Bonchev–Trinajstić information content (AvgIpc) is 3.39. The Kier molecular flexibility index (Phi) is 6.42. The fourth-order valence-electron chi connectivity index (χ4n) is 7.32. The lowest BCUT2D eigenvalue weighted by Crippen LogP contribution is -2.60. The van der Waals surface area contributed by atoms with Crippen LogP contribution in [0.2, 0.25) is 0 Å². The van der Waals surface area contributed by atoms with Crippen LogP contribution >= 0.6 is 0 Å². The molecule has 3 aromatic rings. The largest absolute Gasteiger partial charge is 0.472 e. The van der Waals surface area contributed by atoms with Crippen LogP contribution < -0.4 is 30.7 Å². The van der Waals surface area contributed by atoms with Gasteiger partial charge in [0, 0.05) is 49.1 Å². The van der Waals surface area contributed by atoms with Crippen molar-refractivity contribution in [1.29, 1.82) is 0 Å². The van der Waals surface area contributed by atoms with Crippen molar-refractivity contribution in [3.63, 3.8) is 0 Å². The van der Waals surface area contributed by atoms with Crippen molar-refractivity contribution in [1.82, 2.24) is 20.6 Å². The predicted octanol–water partition coefficient (Wildman–Crippen LogP) is 4.07. The molecule has 10 nitrogen and oxygen atoms in total. The van der Waals surface area contributed by atoms with Gasteiger partial charge < -0.3 is 35.5 Å². The number of piperazine rings is 1. The number of alkyl halides is 2. The van der Waals surface area contributed by atoms with Crippen molar-refractivity contribution in [2.75, 3.05) is 30.3 Å². The molecule has 4 aliphatic heterocycles. The number of carbonyl (C=O) groups is 1. The lowest BCUT2D eigenvalue weighted by molar-refractivity contribution is -0.0517. The number of nitrogens with one attached hydrogen (secondary N) is 2. The van der Waals surface area contributed by atoms with E-state index in [9.17, 15) is 18.0 Å². The summed E-state index contributed by atoms with van der Waals surface area (Å²) in [5.74, 6) is -3.33. The molecule has 14 heteroatoms. The van der Waals surface area contributed by atoms with Crippen molar-refractivity contribution in [2.45, 2.75) is 76.5 Å². The van der Waals surface area contributed by atoms with Gasteiger partial charge in [0.05, 0.1) is 34.7 Å². The van der Waals surface area contributed by atoms with Crippen LogP contribution in [0.5, 0.6) is 11.6 Å². The second-order valence-corrected chi connectivity index (χ2v) is 12.7. The van der Waals surface area contributed by atoms with Gasteiger partial charge in [0.25, 0.3) is 5.91 Å². The van der Waals surface area contributed by atoms with E-state index in [2.05, 4.69) is 20.4 Å². The SMILES string of the molecule is Cc1c(C(=O)NC23COC(C)(C2)C3)nc2c3c(nc(-c4cc(N)cc(F)c4OC(F)F)c(F)c13)OC(C)C1CNC(C)CN21. The number of carbonyl (C=O) groups excluding carboxylic acids is 1. The maximum atomic E-state index is 16.9. The van der Waals surface area contributed by atoms with Crippen molar-refractivity contribution in [3.8, 4) is 22.9 Å².